The average Bonchev–Trinajstić information content (AvgIpc) is 3.22. The molecule has 4 heterocycles. The molecule has 1 spiro atoms. The molecule has 4 rings (SSSR count). The van der Waals surface area contributed by atoms with E-state index >= 15 is 0 Å². The standard InChI is InChI=1S/C18H19NO4S2/c1-11-2-3-14(24-11)16(20)19-7-5-18(6-8-19)12-10-15(17(21)22)25-13(12)4-9-23-18/h2-3,10H,4-9H2,1H3,(H,21,22). The minimum atomic E-state index is -0.879. The normalized spacial score (nSPS) is 19.0. The van der Waals surface area contributed by atoms with Crippen molar-refractivity contribution in [2.45, 2.75) is 31.8 Å². The average molecular weight is 377 g/mol. The molecule has 0 radical (unpaired) electrons. The Kier molecular flexibility index (Phi) is 4.17. The fourth-order valence-electron chi connectivity index (χ4n) is 3.71. The molecule has 0 unspecified atom stereocenters. The van der Waals surface area contributed by atoms with Crippen LogP contribution in [-0.4, -0.2) is 41.6 Å². The highest BCUT2D eigenvalue weighted by Gasteiger charge is 2.43. The van der Waals surface area contributed by atoms with Gasteiger partial charge in [-0.1, -0.05) is 0 Å². The SMILES string of the molecule is Cc1ccc(C(=O)N2CCC3(CC2)OCCc2sc(C(=O)O)cc23)s1. The van der Waals surface area contributed by atoms with Crippen LogP contribution in [0.2, 0.25) is 0 Å². The number of amides is 1. The molecule has 2 aromatic heterocycles. The van der Waals surface area contributed by atoms with Gasteiger partial charge in [-0.15, -0.1) is 22.7 Å². The van der Waals surface area contributed by atoms with Gasteiger partial charge in [0, 0.05) is 29.3 Å². The molecule has 0 saturated carbocycles. The first-order valence-corrected chi connectivity index (χ1v) is 9.98. The van der Waals surface area contributed by atoms with Gasteiger partial charge >= 0.3 is 5.97 Å². The van der Waals surface area contributed by atoms with Gasteiger partial charge < -0.3 is 14.7 Å². The van der Waals surface area contributed by atoms with Gasteiger partial charge in [-0.05, 0) is 43.5 Å². The Bertz CT molecular complexity index is 830. The van der Waals surface area contributed by atoms with Gasteiger partial charge in [-0.25, -0.2) is 4.79 Å². The topological polar surface area (TPSA) is 66.8 Å². The molecular weight excluding hydrogens is 358 g/mol. The largest absolute Gasteiger partial charge is 0.477 e. The number of carboxylic acids is 1. The fourth-order valence-corrected chi connectivity index (χ4v) is 5.62. The van der Waals surface area contributed by atoms with Crippen molar-refractivity contribution in [1.82, 2.24) is 4.90 Å². The van der Waals surface area contributed by atoms with Crippen LogP contribution in [0.25, 0.3) is 0 Å². The highest BCUT2D eigenvalue weighted by Crippen LogP contribution is 2.44. The maximum atomic E-state index is 12.6. The van der Waals surface area contributed by atoms with Gasteiger partial charge in [0.2, 0.25) is 0 Å². The molecule has 25 heavy (non-hydrogen) atoms. The molecule has 132 valence electrons. The van der Waals surface area contributed by atoms with Crippen molar-refractivity contribution in [3.63, 3.8) is 0 Å². The van der Waals surface area contributed by atoms with Crippen LogP contribution in [0.3, 0.4) is 0 Å². The number of likely N-dealkylation sites (tertiary alicyclic amines) is 1. The number of carbonyl (C=O) groups excluding carboxylic acids is 1. The minimum absolute atomic E-state index is 0.0838. The second-order valence-corrected chi connectivity index (χ2v) is 8.97. The monoisotopic (exact) mass is 377 g/mol. The molecule has 7 heteroatoms. The van der Waals surface area contributed by atoms with E-state index in [9.17, 15) is 14.7 Å². The van der Waals surface area contributed by atoms with E-state index in [2.05, 4.69) is 0 Å². The zero-order chi connectivity index (χ0) is 17.6. The number of rotatable bonds is 2. The number of nitrogens with zero attached hydrogens (tertiary/aromatic N) is 1. The van der Waals surface area contributed by atoms with Crippen LogP contribution in [0.4, 0.5) is 0 Å². The lowest BCUT2D eigenvalue weighted by atomic mass is 9.82. The van der Waals surface area contributed by atoms with E-state index in [1.54, 1.807) is 6.07 Å². The van der Waals surface area contributed by atoms with Gasteiger partial charge in [-0.2, -0.15) is 0 Å². The Hall–Kier alpha value is -1.70. The number of aryl methyl sites for hydroxylation is 1. The number of aromatic carboxylic acids is 1. The predicted octanol–water partition coefficient (Wildman–Crippen LogP) is 3.52. The predicted molar refractivity (Wildman–Crippen MR) is 96.8 cm³/mol. The first-order valence-electron chi connectivity index (χ1n) is 8.35. The molecule has 2 aliphatic rings. The fraction of sp³-hybridized carbons (Fsp3) is 0.444. The maximum absolute atomic E-state index is 12.6. The molecule has 1 saturated heterocycles. The summed E-state index contributed by atoms with van der Waals surface area (Å²) in [6, 6.07) is 5.64. The first-order chi connectivity index (χ1) is 12.0. The van der Waals surface area contributed by atoms with Crippen LogP contribution < -0.4 is 0 Å². The molecule has 0 aromatic carbocycles. The minimum Gasteiger partial charge on any atom is -0.477 e. The number of carbonyl (C=O) groups is 2. The number of ether oxygens (including phenoxy) is 1. The summed E-state index contributed by atoms with van der Waals surface area (Å²) >= 11 is 2.88. The number of carboxylic acid groups (broad SMARTS) is 1. The van der Waals surface area contributed by atoms with E-state index in [-0.39, 0.29) is 5.91 Å². The van der Waals surface area contributed by atoms with E-state index < -0.39 is 11.6 Å². The highest BCUT2D eigenvalue weighted by molar-refractivity contribution is 7.14. The summed E-state index contributed by atoms with van der Waals surface area (Å²) in [4.78, 5) is 29.3. The Morgan fingerprint density at radius 3 is 2.60 bits per heavy atom. The van der Waals surface area contributed by atoms with Crippen LogP contribution in [0.1, 0.15) is 47.5 Å². The highest BCUT2D eigenvalue weighted by atomic mass is 32.1. The molecule has 1 N–H and O–H groups in total. The van der Waals surface area contributed by atoms with Crippen molar-refractivity contribution >= 4 is 34.6 Å². The molecule has 1 fully saturated rings. The third-order valence-electron chi connectivity index (χ3n) is 5.03. The lowest BCUT2D eigenvalue weighted by Gasteiger charge is -2.44. The Morgan fingerprint density at radius 2 is 1.96 bits per heavy atom. The lowest BCUT2D eigenvalue weighted by Crippen LogP contribution is -2.47. The second kappa shape index (κ2) is 6.23. The van der Waals surface area contributed by atoms with Crippen molar-refractivity contribution in [1.29, 1.82) is 0 Å². The Labute approximate surface area is 153 Å². The van der Waals surface area contributed by atoms with Crippen LogP contribution in [0.15, 0.2) is 18.2 Å². The smallest absolute Gasteiger partial charge is 0.345 e. The van der Waals surface area contributed by atoms with Crippen LogP contribution in [0.5, 0.6) is 0 Å². The summed E-state index contributed by atoms with van der Waals surface area (Å²) in [6.45, 7) is 3.88. The zero-order valence-corrected chi connectivity index (χ0v) is 15.5. The summed E-state index contributed by atoms with van der Waals surface area (Å²) < 4.78 is 6.14. The molecule has 0 atom stereocenters. The first kappa shape index (κ1) is 16.8. The number of hydrogen-bond donors (Lipinski definition) is 1. The third-order valence-corrected chi connectivity index (χ3v) is 7.20. The Balaban J connectivity index is 1.54. The Morgan fingerprint density at radius 1 is 1.20 bits per heavy atom. The summed E-state index contributed by atoms with van der Waals surface area (Å²) in [7, 11) is 0. The quantitative estimate of drug-likeness (QED) is 0.870. The van der Waals surface area contributed by atoms with Crippen LogP contribution in [0, 0.1) is 6.92 Å². The van der Waals surface area contributed by atoms with Crippen molar-refractivity contribution in [2.75, 3.05) is 19.7 Å². The second-order valence-electron chi connectivity index (χ2n) is 6.55. The zero-order valence-electron chi connectivity index (χ0n) is 13.9. The van der Waals surface area contributed by atoms with Gasteiger partial charge in [-0.3, -0.25) is 4.79 Å². The molecule has 0 aliphatic carbocycles. The van der Waals surface area contributed by atoms with Crippen molar-refractivity contribution in [2.24, 2.45) is 0 Å². The van der Waals surface area contributed by atoms with Crippen molar-refractivity contribution in [3.05, 3.63) is 43.3 Å². The van der Waals surface area contributed by atoms with E-state index in [1.807, 2.05) is 24.0 Å². The lowest BCUT2D eigenvalue weighted by molar-refractivity contribution is -0.0926. The number of thiophene rings is 2. The molecule has 0 bridgehead atoms. The number of fused-ring (bicyclic) bond motifs is 2. The summed E-state index contributed by atoms with van der Waals surface area (Å²) in [5.41, 5.74) is 0.597. The van der Waals surface area contributed by atoms with Gasteiger partial charge in [0.05, 0.1) is 17.1 Å². The van der Waals surface area contributed by atoms with Gasteiger partial charge in [0.25, 0.3) is 5.91 Å². The van der Waals surface area contributed by atoms with E-state index in [4.69, 9.17) is 4.74 Å². The van der Waals surface area contributed by atoms with Crippen molar-refractivity contribution in [3.8, 4) is 0 Å². The summed E-state index contributed by atoms with van der Waals surface area (Å²) in [6.07, 6.45) is 2.20. The molecular formula is C18H19NO4S2. The molecule has 5 nitrogen and oxygen atoms in total. The number of piperidine rings is 1. The number of hydrogen-bond acceptors (Lipinski definition) is 5. The summed E-state index contributed by atoms with van der Waals surface area (Å²) in [5, 5.41) is 9.28. The van der Waals surface area contributed by atoms with Gasteiger partial charge in [0.1, 0.15) is 4.88 Å². The molecule has 2 aliphatic heterocycles. The van der Waals surface area contributed by atoms with Crippen LogP contribution in [-0.2, 0) is 16.8 Å². The maximum Gasteiger partial charge on any atom is 0.345 e. The van der Waals surface area contributed by atoms with E-state index in [1.165, 1.54) is 22.7 Å². The van der Waals surface area contributed by atoms with E-state index in [0.717, 1.165) is 26.6 Å². The van der Waals surface area contributed by atoms with Crippen LogP contribution >= 0.6 is 22.7 Å². The summed E-state index contributed by atoms with van der Waals surface area (Å²) in [5.74, 6) is -0.796. The molecule has 1 amide bonds. The van der Waals surface area contributed by atoms with Crippen molar-refractivity contribution < 1.29 is 19.4 Å². The molecule has 2 aromatic rings. The van der Waals surface area contributed by atoms with Gasteiger partial charge in [0.15, 0.2) is 0 Å². The van der Waals surface area contributed by atoms with E-state index in [0.29, 0.717) is 37.4 Å². The third kappa shape index (κ3) is 2.90.